The third-order valence-electron chi connectivity index (χ3n) is 2.86. The third-order valence-corrected chi connectivity index (χ3v) is 5.56. The van der Waals surface area contributed by atoms with Gasteiger partial charge in [0.1, 0.15) is 0 Å². The fourth-order valence-corrected chi connectivity index (χ4v) is 3.96. The summed E-state index contributed by atoms with van der Waals surface area (Å²) in [6.45, 7) is 0. The van der Waals surface area contributed by atoms with Crippen molar-refractivity contribution in [2.75, 3.05) is 5.32 Å². The Morgan fingerprint density at radius 2 is 2.08 bits per heavy atom. The molecule has 2 aromatic rings. The number of aliphatic carboxylic acids is 1. The van der Waals surface area contributed by atoms with Crippen LogP contribution in [0, 0.1) is 10.1 Å². The molecule has 0 aliphatic carbocycles. The molecule has 0 aliphatic heterocycles. The van der Waals surface area contributed by atoms with E-state index in [1.165, 1.54) is 6.20 Å². The number of benzene rings is 1. The average molecular weight is 412 g/mol. The van der Waals surface area contributed by atoms with Crippen molar-refractivity contribution in [2.24, 2.45) is 0 Å². The molecule has 125 valence electrons. The minimum atomic E-state index is -0.876. The van der Waals surface area contributed by atoms with Crippen molar-refractivity contribution >= 4 is 55.1 Å². The van der Waals surface area contributed by atoms with E-state index in [9.17, 15) is 14.9 Å². The van der Waals surface area contributed by atoms with Gasteiger partial charge in [0.25, 0.3) is 0 Å². The van der Waals surface area contributed by atoms with Gasteiger partial charge in [-0.15, -0.1) is 0 Å². The quantitative estimate of drug-likeness (QED) is 0.296. The van der Waals surface area contributed by atoms with Crippen LogP contribution in [-0.2, 0) is 4.79 Å². The molecule has 0 amide bonds. The van der Waals surface area contributed by atoms with Crippen molar-refractivity contribution in [3.63, 3.8) is 0 Å². The summed E-state index contributed by atoms with van der Waals surface area (Å²) in [4.78, 5) is 29.3. The van der Waals surface area contributed by atoms with Gasteiger partial charge in [0.15, 0.2) is 0 Å². The van der Waals surface area contributed by atoms with Crippen molar-refractivity contribution in [3.05, 3.63) is 45.6 Å². The number of carboxylic acids is 1. The Bertz CT molecular complexity index is 742. The van der Waals surface area contributed by atoms with Gasteiger partial charge in [-0.25, -0.2) is 0 Å². The molecule has 0 spiro atoms. The second-order valence-electron chi connectivity index (χ2n) is 4.67. The molecule has 1 radical (unpaired) electrons. The van der Waals surface area contributed by atoms with E-state index in [1.807, 2.05) is 0 Å². The molecule has 1 aromatic carbocycles. The Hall–Kier alpha value is -2.18. The van der Waals surface area contributed by atoms with E-state index in [0.717, 1.165) is 0 Å². The van der Waals surface area contributed by atoms with Crippen molar-refractivity contribution in [3.8, 4) is 0 Å². The summed E-state index contributed by atoms with van der Waals surface area (Å²) in [5.74, 6) is -0.620. The van der Waals surface area contributed by atoms with Crippen LogP contribution >= 0.6 is 11.6 Å². The average Bonchev–Trinajstić information content (AvgIpc) is 2.53. The number of anilines is 2. The zero-order valence-electron chi connectivity index (χ0n) is 12.3. The Morgan fingerprint density at radius 3 is 2.71 bits per heavy atom. The second kappa shape index (κ2) is 8.61. The topological polar surface area (TPSA) is 118 Å². The zero-order valence-corrected chi connectivity index (χ0v) is 15.0. The van der Waals surface area contributed by atoms with E-state index in [1.54, 1.807) is 24.3 Å². The molecule has 2 N–H and O–H groups in total. The number of hydrogen-bond acceptors (Lipinski definition) is 6. The van der Waals surface area contributed by atoms with Gasteiger partial charge < -0.3 is 0 Å². The van der Waals surface area contributed by atoms with Crippen molar-refractivity contribution in [2.45, 2.75) is 18.1 Å². The molecule has 24 heavy (non-hydrogen) atoms. The van der Waals surface area contributed by atoms with Crippen molar-refractivity contribution in [1.29, 1.82) is 0 Å². The normalized spacial score (nSPS) is 10.9. The van der Waals surface area contributed by atoms with Crippen LogP contribution in [0.25, 0.3) is 0 Å². The standard InChI is InChI=1S/C14H13AsClN4O4/c16-9-3-5-10(6-4-9)18-14-17-8-11(20(23)24)13(19-14)15-7-1-2-12(21)22/h3-6,8H,1-2,7H2,(H,21,22)(H,17,18,19). The van der Waals surface area contributed by atoms with Gasteiger partial charge in [-0.3, -0.25) is 0 Å². The number of rotatable bonds is 8. The Labute approximate surface area is 149 Å². The van der Waals surface area contributed by atoms with Gasteiger partial charge >= 0.3 is 149 Å². The van der Waals surface area contributed by atoms with E-state index in [-0.39, 0.29) is 18.1 Å². The summed E-state index contributed by atoms with van der Waals surface area (Å²) >= 11 is 5.20. The summed E-state index contributed by atoms with van der Waals surface area (Å²) in [6.07, 6.45) is 1.69. The molecule has 10 heteroatoms. The van der Waals surface area contributed by atoms with Gasteiger partial charge in [0.2, 0.25) is 0 Å². The van der Waals surface area contributed by atoms with E-state index in [0.29, 0.717) is 26.8 Å². The maximum absolute atomic E-state index is 11.1. The summed E-state index contributed by atoms with van der Waals surface area (Å²) < 4.78 is 0.369. The van der Waals surface area contributed by atoms with Gasteiger partial charge in [-0.1, -0.05) is 0 Å². The van der Waals surface area contributed by atoms with Crippen LogP contribution in [0.4, 0.5) is 17.3 Å². The molecule has 1 aromatic heterocycles. The number of halogens is 1. The molecule has 2 rings (SSSR count). The number of nitro groups is 1. The predicted octanol–water partition coefficient (Wildman–Crippen LogP) is 2.39. The Kier molecular flexibility index (Phi) is 6.51. The number of hydrogen-bond donors (Lipinski definition) is 2. The van der Waals surface area contributed by atoms with Gasteiger partial charge in [0.05, 0.1) is 0 Å². The first kappa shape index (κ1) is 18.2. The van der Waals surface area contributed by atoms with Gasteiger partial charge in [-0.05, 0) is 0 Å². The summed E-state index contributed by atoms with van der Waals surface area (Å²) in [7, 11) is 0. The van der Waals surface area contributed by atoms with Crippen LogP contribution in [0.3, 0.4) is 0 Å². The number of nitrogens with one attached hydrogen (secondary N) is 1. The van der Waals surface area contributed by atoms with Crippen LogP contribution in [0.1, 0.15) is 12.8 Å². The zero-order chi connectivity index (χ0) is 17.5. The predicted molar refractivity (Wildman–Crippen MR) is 90.5 cm³/mol. The SMILES string of the molecule is O=C(O)CCC[As]c1nc(Nc2ccc(Cl)cc2)ncc1[N+](=O)[O-]. The van der Waals surface area contributed by atoms with Crippen molar-refractivity contribution < 1.29 is 14.8 Å². The number of aromatic nitrogens is 2. The van der Waals surface area contributed by atoms with Crippen LogP contribution in [0.2, 0.25) is 10.2 Å². The molecule has 0 atom stereocenters. The molecule has 1 heterocycles. The van der Waals surface area contributed by atoms with Gasteiger partial charge in [0, 0.05) is 0 Å². The fourth-order valence-electron chi connectivity index (χ4n) is 1.75. The van der Waals surface area contributed by atoms with E-state index < -0.39 is 26.6 Å². The molecule has 8 nitrogen and oxygen atoms in total. The first-order valence-corrected chi connectivity index (χ1v) is 9.53. The van der Waals surface area contributed by atoms with Crippen LogP contribution < -0.4 is 9.80 Å². The molecular formula is C14H13AsClN4O4. The van der Waals surface area contributed by atoms with Crippen LogP contribution in [-0.4, -0.2) is 41.7 Å². The molecule has 0 fully saturated rings. The first-order chi connectivity index (χ1) is 11.5. The molecule has 0 saturated carbocycles. The molecule has 0 unspecified atom stereocenters. The number of carboxylic acid groups (broad SMARTS) is 1. The molecule has 0 aliphatic rings. The minimum absolute atomic E-state index is 0.0460. The molecular weight excluding hydrogens is 399 g/mol. The van der Waals surface area contributed by atoms with Crippen LogP contribution in [0.5, 0.6) is 0 Å². The summed E-state index contributed by atoms with van der Waals surface area (Å²) in [5.41, 5.74) is 0.577. The monoisotopic (exact) mass is 411 g/mol. The fraction of sp³-hybridized carbons (Fsp3) is 0.214. The van der Waals surface area contributed by atoms with E-state index >= 15 is 0 Å². The van der Waals surface area contributed by atoms with Crippen molar-refractivity contribution in [1.82, 2.24) is 9.97 Å². The number of carbonyl (C=O) groups is 1. The molecule has 0 bridgehead atoms. The van der Waals surface area contributed by atoms with E-state index in [4.69, 9.17) is 16.7 Å². The van der Waals surface area contributed by atoms with E-state index in [2.05, 4.69) is 15.3 Å². The Morgan fingerprint density at radius 1 is 1.38 bits per heavy atom. The second-order valence-corrected chi connectivity index (χ2v) is 7.60. The molecule has 0 saturated heterocycles. The summed E-state index contributed by atoms with van der Waals surface area (Å²) in [6, 6.07) is 6.89. The third kappa shape index (κ3) is 5.47. The first-order valence-electron chi connectivity index (χ1n) is 6.89. The van der Waals surface area contributed by atoms with Crippen LogP contribution in [0.15, 0.2) is 30.5 Å². The number of nitrogens with zero attached hydrogens (tertiary/aromatic N) is 3. The maximum atomic E-state index is 11.1. The van der Waals surface area contributed by atoms with Gasteiger partial charge in [-0.2, -0.15) is 0 Å². The summed E-state index contributed by atoms with van der Waals surface area (Å²) in [5, 5.41) is 23.9. The Balaban J connectivity index is 2.12.